The Labute approximate surface area is 200 Å². The van der Waals surface area contributed by atoms with Gasteiger partial charge in [0.25, 0.3) is 0 Å². The lowest BCUT2D eigenvalue weighted by molar-refractivity contribution is -0.113. The summed E-state index contributed by atoms with van der Waals surface area (Å²) >= 11 is 2.30. The third kappa shape index (κ3) is 3.48. The third-order valence-corrected chi connectivity index (χ3v) is 6.70. The van der Waals surface area contributed by atoms with E-state index in [0.717, 1.165) is 48.2 Å². The van der Waals surface area contributed by atoms with Crippen molar-refractivity contribution in [2.75, 3.05) is 19.1 Å². The van der Waals surface area contributed by atoms with E-state index >= 15 is 0 Å². The molecular weight excluding hydrogens is 517 g/mol. The predicted octanol–water partition coefficient (Wildman–Crippen LogP) is 5.01. The first-order chi connectivity index (χ1) is 15.3. The number of anilines is 1. The largest absolute Gasteiger partial charge is 0.495 e. The summed E-state index contributed by atoms with van der Waals surface area (Å²) < 4.78 is 8.35. The van der Waals surface area contributed by atoms with Crippen molar-refractivity contribution in [3.8, 4) is 28.0 Å². The molecule has 3 heterocycles. The highest BCUT2D eigenvalue weighted by Gasteiger charge is 2.21. The molecule has 32 heavy (non-hydrogen) atoms. The van der Waals surface area contributed by atoms with Gasteiger partial charge < -0.3 is 14.6 Å². The number of benzene rings is 1. The van der Waals surface area contributed by atoms with Gasteiger partial charge in [-0.25, -0.2) is 4.98 Å². The summed E-state index contributed by atoms with van der Waals surface area (Å²) in [6, 6.07) is 5.84. The van der Waals surface area contributed by atoms with Crippen molar-refractivity contribution < 1.29 is 9.53 Å². The van der Waals surface area contributed by atoms with Gasteiger partial charge in [-0.1, -0.05) is 12.6 Å². The molecule has 7 nitrogen and oxygen atoms in total. The van der Waals surface area contributed by atoms with E-state index in [0.29, 0.717) is 11.4 Å². The number of pyridine rings is 1. The van der Waals surface area contributed by atoms with Crippen LogP contribution in [-0.2, 0) is 11.8 Å². The van der Waals surface area contributed by atoms with Crippen molar-refractivity contribution in [3.05, 3.63) is 58.2 Å². The zero-order chi connectivity index (χ0) is 23.2. The van der Waals surface area contributed by atoms with Crippen molar-refractivity contribution >= 4 is 45.2 Å². The summed E-state index contributed by atoms with van der Waals surface area (Å²) in [5, 5.41) is 5.44. The summed E-state index contributed by atoms with van der Waals surface area (Å²) in [6.07, 6.45) is 5.07. The van der Waals surface area contributed by atoms with E-state index in [1.54, 1.807) is 14.2 Å². The Kier molecular flexibility index (Phi) is 5.81. The topological polar surface area (TPSA) is 76.0 Å². The molecule has 0 aliphatic heterocycles. The predicted molar refractivity (Wildman–Crippen MR) is 136 cm³/mol. The van der Waals surface area contributed by atoms with Crippen LogP contribution in [0.2, 0.25) is 0 Å². The van der Waals surface area contributed by atoms with E-state index in [2.05, 4.69) is 53.1 Å². The monoisotopic (exact) mass is 541 g/mol. The summed E-state index contributed by atoms with van der Waals surface area (Å²) in [5.41, 5.74) is 7.80. The number of fused-ring (bicyclic) bond motifs is 1. The number of aromatic amines is 1. The van der Waals surface area contributed by atoms with Crippen LogP contribution in [0.4, 0.5) is 5.69 Å². The summed E-state index contributed by atoms with van der Waals surface area (Å²) in [6.45, 7) is 7.76. The Balaban J connectivity index is 1.96. The van der Waals surface area contributed by atoms with Crippen molar-refractivity contribution in [2.45, 2.75) is 13.8 Å². The van der Waals surface area contributed by atoms with Gasteiger partial charge in [0.15, 0.2) is 0 Å². The number of aromatic nitrogens is 4. The SMILES string of the molecule is C=CC(=O)N(C)c1cc(-c2c(I)[nH]c3ncc(-c4cnn(C)c4C)c(C)c23)ccc1OC. The molecule has 4 aromatic rings. The van der Waals surface area contributed by atoms with E-state index in [1.165, 1.54) is 11.0 Å². The Hall–Kier alpha value is -3.14. The number of hydrogen-bond acceptors (Lipinski definition) is 4. The quantitative estimate of drug-likeness (QED) is 0.285. The van der Waals surface area contributed by atoms with E-state index in [9.17, 15) is 4.79 Å². The Morgan fingerprint density at radius 3 is 2.66 bits per heavy atom. The van der Waals surface area contributed by atoms with Gasteiger partial charge in [-0.15, -0.1) is 0 Å². The number of rotatable bonds is 5. The Bertz CT molecular complexity index is 1370. The minimum Gasteiger partial charge on any atom is -0.495 e. The number of hydrogen-bond donors (Lipinski definition) is 1. The van der Waals surface area contributed by atoms with Gasteiger partial charge in [0.1, 0.15) is 11.4 Å². The molecule has 0 saturated carbocycles. The number of methoxy groups -OCH3 is 1. The summed E-state index contributed by atoms with van der Waals surface area (Å²) in [4.78, 5) is 21.9. The van der Waals surface area contributed by atoms with Crippen molar-refractivity contribution in [3.63, 3.8) is 0 Å². The van der Waals surface area contributed by atoms with Gasteiger partial charge in [0, 0.05) is 48.1 Å². The maximum Gasteiger partial charge on any atom is 0.250 e. The molecule has 0 atom stereocenters. The highest BCUT2D eigenvalue weighted by molar-refractivity contribution is 14.1. The van der Waals surface area contributed by atoms with Crippen molar-refractivity contribution in [2.24, 2.45) is 7.05 Å². The number of ether oxygens (including phenoxy) is 1. The minimum absolute atomic E-state index is 0.207. The number of carbonyl (C=O) groups is 1. The van der Waals surface area contributed by atoms with Crippen LogP contribution in [0.15, 0.2) is 43.2 Å². The molecule has 4 rings (SSSR count). The second kappa shape index (κ2) is 8.42. The molecule has 8 heteroatoms. The van der Waals surface area contributed by atoms with E-state index < -0.39 is 0 Å². The molecule has 164 valence electrons. The molecule has 0 bridgehead atoms. The number of halogens is 1. The molecule has 0 aliphatic carbocycles. The smallest absolute Gasteiger partial charge is 0.250 e. The van der Waals surface area contributed by atoms with E-state index in [4.69, 9.17) is 9.72 Å². The number of aryl methyl sites for hydroxylation is 2. The average molecular weight is 541 g/mol. The highest BCUT2D eigenvalue weighted by Crippen LogP contribution is 2.41. The first-order valence-corrected chi connectivity index (χ1v) is 11.1. The number of H-pyrrole nitrogens is 1. The molecule has 0 spiro atoms. The fraction of sp³-hybridized carbons (Fsp3) is 0.208. The van der Waals surface area contributed by atoms with Crippen LogP contribution in [-0.4, -0.2) is 39.8 Å². The molecule has 1 N–H and O–H groups in total. The van der Waals surface area contributed by atoms with E-state index in [1.807, 2.05) is 42.3 Å². The zero-order valence-corrected chi connectivity index (χ0v) is 20.8. The number of amides is 1. The third-order valence-electron chi connectivity index (χ3n) is 5.90. The van der Waals surface area contributed by atoms with Gasteiger partial charge in [0.05, 0.1) is 22.7 Å². The van der Waals surface area contributed by atoms with Crippen LogP contribution in [0, 0.1) is 17.5 Å². The number of nitrogens with zero attached hydrogens (tertiary/aromatic N) is 4. The Morgan fingerprint density at radius 2 is 2.03 bits per heavy atom. The minimum atomic E-state index is -0.207. The molecule has 0 fully saturated rings. The van der Waals surface area contributed by atoms with Crippen LogP contribution in [0.25, 0.3) is 33.3 Å². The second-order valence-corrected chi connectivity index (χ2v) is 8.67. The Morgan fingerprint density at radius 1 is 1.28 bits per heavy atom. The maximum absolute atomic E-state index is 12.3. The molecule has 1 aromatic carbocycles. The summed E-state index contributed by atoms with van der Waals surface area (Å²) in [7, 11) is 5.24. The second-order valence-electron chi connectivity index (χ2n) is 7.59. The van der Waals surface area contributed by atoms with Crippen LogP contribution in [0.5, 0.6) is 5.75 Å². The highest BCUT2D eigenvalue weighted by atomic mass is 127. The number of carbonyl (C=O) groups excluding carboxylic acids is 1. The molecule has 0 saturated heterocycles. The van der Waals surface area contributed by atoms with E-state index in [-0.39, 0.29) is 5.91 Å². The van der Waals surface area contributed by atoms with Gasteiger partial charge >= 0.3 is 0 Å². The molecule has 1 amide bonds. The first-order valence-electron chi connectivity index (χ1n) is 10.0. The van der Waals surface area contributed by atoms with Crippen LogP contribution in [0.1, 0.15) is 11.3 Å². The van der Waals surface area contributed by atoms with Crippen LogP contribution in [0.3, 0.4) is 0 Å². The maximum atomic E-state index is 12.3. The average Bonchev–Trinajstić information content (AvgIpc) is 3.31. The molecule has 0 unspecified atom stereocenters. The van der Waals surface area contributed by atoms with Crippen molar-refractivity contribution in [1.82, 2.24) is 19.7 Å². The van der Waals surface area contributed by atoms with Gasteiger partial charge in [-0.05, 0) is 65.8 Å². The van der Waals surface area contributed by atoms with Crippen LogP contribution >= 0.6 is 22.6 Å². The lowest BCUT2D eigenvalue weighted by Gasteiger charge is -2.19. The van der Waals surface area contributed by atoms with Gasteiger partial charge in [-0.2, -0.15) is 5.10 Å². The molecule has 3 aromatic heterocycles. The molecule has 0 radical (unpaired) electrons. The molecule has 0 aliphatic rings. The number of nitrogens with one attached hydrogen (secondary N) is 1. The zero-order valence-electron chi connectivity index (χ0n) is 18.7. The normalized spacial score (nSPS) is 11.1. The fourth-order valence-electron chi connectivity index (χ4n) is 3.95. The number of likely N-dealkylation sites (N-methyl/N-ethyl adjacent to an activating group) is 1. The summed E-state index contributed by atoms with van der Waals surface area (Å²) in [5.74, 6) is 0.407. The lowest BCUT2D eigenvalue weighted by Crippen LogP contribution is -2.24. The first kappa shape index (κ1) is 22.1. The van der Waals surface area contributed by atoms with Crippen molar-refractivity contribution in [1.29, 1.82) is 0 Å². The standard InChI is InChI=1S/C24H24IN5O2/c1-7-20(31)29(4)18-10-15(8-9-19(18)32-6)22-21-13(2)16(11-26-24(21)28-23(22)25)17-12-27-30(5)14(17)3/h7-12H,1H2,2-6H3,(H,26,28). The molecular formula is C24H24IN5O2. The van der Waals surface area contributed by atoms with Gasteiger partial charge in [-0.3, -0.25) is 9.48 Å². The fourth-order valence-corrected chi connectivity index (χ4v) is 4.79. The lowest BCUT2D eigenvalue weighted by atomic mass is 9.96. The van der Waals surface area contributed by atoms with Crippen LogP contribution < -0.4 is 9.64 Å². The van der Waals surface area contributed by atoms with Gasteiger partial charge in [0.2, 0.25) is 5.91 Å².